The van der Waals surface area contributed by atoms with Gasteiger partial charge in [0.15, 0.2) is 6.10 Å². The molecule has 0 aliphatic heterocycles. The van der Waals surface area contributed by atoms with Crippen molar-refractivity contribution in [1.29, 1.82) is 0 Å². The Morgan fingerprint density at radius 2 is 1.92 bits per heavy atom. The number of esters is 1. The molecule has 7 heteroatoms. The van der Waals surface area contributed by atoms with Gasteiger partial charge in [0.2, 0.25) is 0 Å². The van der Waals surface area contributed by atoms with Crippen molar-refractivity contribution in [3.8, 4) is 5.75 Å². The molecule has 0 aliphatic carbocycles. The quantitative estimate of drug-likeness (QED) is 0.603. The number of amides is 1. The molecule has 0 unspecified atom stereocenters. The maximum absolute atomic E-state index is 13.1. The summed E-state index contributed by atoms with van der Waals surface area (Å²) < 4.78 is 23.2. The highest BCUT2D eigenvalue weighted by Gasteiger charge is 2.18. The van der Waals surface area contributed by atoms with Crippen LogP contribution in [0.5, 0.6) is 5.75 Å². The average molecular weight is 363 g/mol. The molecule has 0 saturated carbocycles. The summed E-state index contributed by atoms with van der Waals surface area (Å²) in [6.45, 7) is 1.46. The third-order valence-corrected chi connectivity index (χ3v) is 4.17. The van der Waals surface area contributed by atoms with Gasteiger partial charge in [0.25, 0.3) is 5.91 Å². The van der Waals surface area contributed by atoms with Gasteiger partial charge in [-0.1, -0.05) is 6.07 Å². The molecular formula is C18H18FNO4S. The lowest BCUT2D eigenvalue weighted by molar-refractivity contribution is -0.150. The zero-order valence-corrected chi connectivity index (χ0v) is 14.6. The minimum absolute atomic E-state index is 0.0733. The summed E-state index contributed by atoms with van der Waals surface area (Å²) in [4.78, 5) is 24.7. The van der Waals surface area contributed by atoms with Crippen LogP contribution in [0.15, 0.2) is 53.4 Å². The van der Waals surface area contributed by atoms with E-state index in [-0.39, 0.29) is 5.75 Å². The summed E-state index contributed by atoms with van der Waals surface area (Å²) in [5.74, 6) is -0.687. The van der Waals surface area contributed by atoms with E-state index in [1.54, 1.807) is 25.3 Å². The molecule has 0 spiro atoms. The van der Waals surface area contributed by atoms with Crippen LogP contribution in [0, 0.1) is 5.82 Å². The Kier molecular flexibility index (Phi) is 6.82. The first-order valence-electron chi connectivity index (χ1n) is 7.50. The van der Waals surface area contributed by atoms with Crippen molar-refractivity contribution in [2.45, 2.75) is 17.9 Å². The van der Waals surface area contributed by atoms with Gasteiger partial charge in [-0.15, -0.1) is 11.8 Å². The standard InChI is InChI=1S/C18H18FNO4S/c1-12(18(22)20-14-5-3-4-13(19)10-14)24-17(21)11-25-16-8-6-15(23-2)7-9-16/h3-10,12H,11H2,1-2H3,(H,20,22)/t12-/m0/s1. The fourth-order valence-electron chi connectivity index (χ4n) is 1.91. The third kappa shape index (κ3) is 6.11. The number of anilines is 1. The highest BCUT2D eigenvalue weighted by Crippen LogP contribution is 2.21. The van der Waals surface area contributed by atoms with Crippen LogP contribution in [-0.4, -0.2) is 30.8 Å². The Bertz CT molecular complexity index is 736. The number of nitrogens with one attached hydrogen (secondary N) is 1. The molecular weight excluding hydrogens is 345 g/mol. The Morgan fingerprint density at radius 1 is 1.20 bits per heavy atom. The van der Waals surface area contributed by atoms with E-state index in [0.717, 1.165) is 10.6 Å². The van der Waals surface area contributed by atoms with Crippen molar-refractivity contribution in [1.82, 2.24) is 0 Å². The van der Waals surface area contributed by atoms with Crippen molar-refractivity contribution >= 4 is 29.3 Å². The van der Waals surface area contributed by atoms with Crippen LogP contribution < -0.4 is 10.1 Å². The second kappa shape index (κ2) is 9.08. The van der Waals surface area contributed by atoms with Gasteiger partial charge in [-0.25, -0.2) is 4.39 Å². The first-order valence-corrected chi connectivity index (χ1v) is 8.49. The normalized spacial score (nSPS) is 11.5. The molecule has 0 bridgehead atoms. The molecule has 0 fully saturated rings. The topological polar surface area (TPSA) is 64.6 Å². The molecule has 2 rings (SSSR count). The maximum Gasteiger partial charge on any atom is 0.317 e. The summed E-state index contributed by atoms with van der Waals surface area (Å²) in [6.07, 6.45) is -0.979. The van der Waals surface area contributed by atoms with Gasteiger partial charge >= 0.3 is 5.97 Å². The lowest BCUT2D eigenvalue weighted by Crippen LogP contribution is -2.30. The Labute approximate surface area is 149 Å². The first-order chi connectivity index (χ1) is 12.0. The molecule has 0 aliphatic rings. The van der Waals surface area contributed by atoms with Crippen molar-refractivity contribution in [2.24, 2.45) is 0 Å². The van der Waals surface area contributed by atoms with E-state index in [4.69, 9.17) is 9.47 Å². The van der Waals surface area contributed by atoms with E-state index in [2.05, 4.69) is 5.32 Å². The van der Waals surface area contributed by atoms with E-state index in [1.807, 2.05) is 12.1 Å². The Hall–Kier alpha value is -2.54. The van der Waals surface area contributed by atoms with Crippen LogP contribution in [0.4, 0.5) is 10.1 Å². The summed E-state index contributed by atoms with van der Waals surface area (Å²) in [7, 11) is 1.58. The summed E-state index contributed by atoms with van der Waals surface area (Å²) >= 11 is 1.30. The van der Waals surface area contributed by atoms with Gasteiger partial charge in [-0.3, -0.25) is 9.59 Å². The molecule has 132 valence electrons. The summed E-state index contributed by atoms with van der Waals surface area (Å²) in [6, 6.07) is 12.7. The number of hydrogen-bond acceptors (Lipinski definition) is 5. The zero-order chi connectivity index (χ0) is 18.2. The number of thioether (sulfide) groups is 1. The van der Waals surface area contributed by atoms with Crippen molar-refractivity contribution in [2.75, 3.05) is 18.2 Å². The van der Waals surface area contributed by atoms with Gasteiger partial charge in [0.1, 0.15) is 11.6 Å². The highest BCUT2D eigenvalue weighted by atomic mass is 32.2. The number of carbonyl (C=O) groups excluding carboxylic acids is 2. The average Bonchev–Trinajstić information content (AvgIpc) is 2.60. The molecule has 1 amide bonds. The second-order valence-electron chi connectivity index (χ2n) is 5.10. The molecule has 2 aromatic carbocycles. The number of methoxy groups -OCH3 is 1. The number of ether oxygens (including phenoxy) is 2. The van der Waals surface area contributed by atoms with E-state index >= 15 is 0 Å². The lowest BCUT2D eigenvalue weighted by Gasteiger charge is -2.13. The molecule has 0 heterocycles. The molecule has 5 nitrogen and oxygen atoms in total. The first kappa shape index (κ1) is 18.8. The van der Waals surface area contributed by atoms with E-state index in [1.165, 1.54) is 36.9 Å². The van der Waals surface area contributed by atoms with Crippen LogP contribution in [0.3, 0.4) is 0 Å². The largest absolute Gasteiger partial charge is 0.497 e. The van der Waals surface area contributed by atoms with Crippen molar-refractivity contribution in [3.63, 3.8) is 0 Å². The molecule has 0 aromatic heterocycles. The van der Waals surface area contributed by atoms with Crippen molar-refractivity contribution in [3.05, 3.63) is 54.3 Å². The van der Waals surface area contributed by atoms with Crippen LogP contribution >= 0.6 is 11.8 Å². The molecule has 1 atom stereocenters. The van der Waals surface area contributed by atoms with Crippen LogP contribution in [0.1, 0.15) is 6.92 Å². The van der Waals surface area contributed by atoms with Gasteiger partial charge in [0.05, 0.1) is 12.9 Å². The Balaban J connectivity index is 1.79. The highest BCUT2D eigenvalue weighted by molar-refractivity contribution is 8.00. The van der Waals surface area contributed by atoms with Crippen LogP contribution in [0.25, 0.3) is 0 Å². The van der Waals surface area contributed by atoms with Gasteiger partial charge in [-0.2, -0.15) is 0 Å². The number of rotatable bonds is 7. The number of hydrogen-bond donors (Lipinski definition) is 1. The molecule has 2 aromatic rings. The van der Waals surface area contributed by atoms with Gasteiger partial charge in [-0.05, 0) is 49.4 Å². The fraction of sp³-hybridized carbons (Fsp3) is 0.222. The maximum atomic E-state index is 13.1. The van der Waals surface area contributed by atoms with E-state index in [9.17, 15) is 14.0 Å². The molecule has 0 radical (unpaired) electrons. The predicted molar refractivity (Wildman–Crippen MR) is 94.3 cm³/mol. The molecule has 25 heavy (non-hydrogen) atoms. The lowest BCUT2D eigenvalue weighted by atomic mass is 10.3. The summed E-state index contributed by atoms with van der Waals surface area (Å²) in [5.41, 5.74) is 0.306. The summed E-state index contributed by atoms with van der Waals surface area (Å²) in [5, 5.41) is 2.50. The van der Waals surface area contributed by atoms with Crippen molar-refractivity contribution < 1.29 is 23.5 Å². The SMILES string of the molecule is COc1ccc(SCC(=O)O[C@@H](C)C(=O)Nc2cccc(F)c2)cc1. The number of benzene rings is 2. The molecule has 1 N–H and O–H groups in total. The monoisotopic (exact) mass is 363 g/mol. The molecule has 0 saturated heterocycles. The minimum atomic E-state index is -0.979. The minimum Gasteiger partial charge on any atom is -0.497 e. The zero-order valence-electron chi connectivity index (χ0n) is 13.8. The third-order valence-electron chi connectivity index (χ3n) is 3.19. The second-order valence-corrected chi connectivity index (χ2v) is 6.14. The van der Waals surface area contributed by atoms with Crippen LogP contribution in [-0.2, 0) is 14.3 Å². The number of halogens is 1. The fourth-order valence-corrected chi connectivity index (χ4v) is 2.59. The van der Waals surface area contributed by atoms with Gasteiger partial charge in [0, 0.05) is 10.6 Å². The Morgan fingerprint density at radius 3 is 2.56 bits per heavy atom. The van der Waals surface area contributed by atoms with Crippen LogP contribution in [0.2, 0.25) is 0 Å². The smallest absolute Gasteiger partial charge is 0.317 e. The van der Waals surface area contributed by atoms with Gasteiger partial charge < -0.3 is 14.8 Å². The predicted octanol–water partition coefficient (Wildman–Crippen LogP) is 3.50. The van der Waals surface area contributed by atoms with E-state index < -0.39 is 23.8 Å². The van der Waals surface area contributed by atoms with E-state index in [0.29, 0.717) is 5.69 Å². The number of carbonyl (C=O) groups is 2.